The van der Waals surface area contributed by atoms with Gasteiger partial charge in [0.2, 0.25) is 0 Å². The summed E-state index contributed by atoms with van der Waals surface area (Å²) in [6, 6.07) is 0. The van der Waals surface area contributed by atoms with E-state index in [9.17, 15) is 0 Å². The first kappa shape index (κ1) is 7.44. The molecule has 0 bridgehead atoms. The molecule has 0 unspecified atom stereocenters. The van der Waals surface area contributed by atoms with Crippen molar-refractivity contribution in [1.82, 2.24) is 0 Å². The van der Waals surface area contributed by atoms with Gasteiger partial charge in [-0.25, -0.2) is 0 Å². The largest absolute Gasteiger partial charge is 0.396 e. The Labute approximate surface area is 52.9 Å². The molecular weight excluding hydrogens is 156 g/mol. The third-order valence-electron chi connectivity index (χ3n) is 0.914. The predicted molar refractivity (Wildman–Crippen MR) is 34.7 cm³/mol. The lowest BCUT2D eigenvalue weighted by atomic mass is 10.1. The maximum atomic E-state index is 8.45. The van der Waals surface area contributed by atoms with E-state index in [2.05, 4.69) is 15.9 Å². The summed E-state index contributed by atoms with van der Waals surface area (Å²) in [7, 11) is 0. The lowest BCUT2D eigenvalue weighted by Crippen LogP contribution is -1.99. The zero-order valence-corrected chi connectivity index (χ0v) is 6.11. The maximum Gasteiger partial charge on any atom is 0.0456 e. The van der Waals surface area contributed by atoms with Crippen molar-refractivity contribution in [3.8, 4) is 0 Å². The van der Waals surface area contributed by atoms with Gasteiger partial charge in [-0.3, -0.25) is 0 Å². The highest BCUT2D eigenvalue weighted by Gasteiger charge is 1.94. The van der Waals surface area contributed by atoms with E-state index < -0.39 is 0 Å². The molecule has 0 aromatic carbocycles. The zero-order valence-electron chi connectivity index (χ0n) is 4.52. The number of alkyl halides is 1. The van der Waals surface area contributed by atoms with Gasteiger partial charge in [0.25, 0.3) is 0 Å². The quantitative estimate of drug-likeness (QED) is 0.630. The van der Waals surface area contributed by atoms with E-state index in [-0.39, 0.29) is 0 Å². The summed E-state index contributed by atoms with van der Waals surface area (Å²) in [5.74, 6) is 0.458. The van der Waals surface area contributed by atoms with Crippen LogP contribution >= 0.6 is 15.9 Å². The summed E-state index contributed by atoms with van der Waals surface area (Å²) in [6.45, 7) is 2.34. The van der Waals surface area contributed by atoms with Crippen molar-refractivity contribution in [2.24, 2.45) is 5.92 Å². The molecule has 0 aromatic rings. The number of hydrogen-bond acceptors (Lipinski definition) is 1. The first-order chi connectivity index (χ1) is 3.31. The molecule has 0 aliphatic carbocycles. The SMILES string of the molecule is C[C@H](CO)CCBr. The van der Waals surface area contributed by atoms with E-state index in [1.165, 1.54) is 0 Å². The number of aliphatic hydroxyl groups is 1. The van der Waals surface area contributed by atoms with E-state index in [0.717, 1.165) is 11.8 Å². The van der Waals surface area contributed by atoms with Gasteiger partial charge in [-0.1, -0.05) is 22.9 Å². The van der Waals surface area contributed by atoms with Gasteiger partial charge in [0.05, 0.1) is 0 Å². The Bertz CT molecular complexity index is 39.1. The van der Waals surface area contributed by atoms with Crippen LogP contribution < -0.4 is 0 Å². The van der Waals surface area contributed by atoms with Gasteiger partial charge >= 0.3 is 0 Å². The molecule has 0 saturated carbocycles. The van der Waals surface area contributed by atoms with Crippen LogP contribution in [0.25, 0.3) is 0 Å². The van der Waals surface area contributed by atoms with Gasteiger partial charge in [-0.2, -0.15) is 0 Å². The van der Waals surface area contributed by atoms with E-state index in [1.807, 2.05) is 6.92 Å². The molecule has 44 valence electrons. The van der Waals surface area contributed by atoms with Crippen molar-refractivity contribution >= 4 is 15.9 Å². The van der Waals surface area contributed by atoms with Crippen molar-refractivity contribution in [3.63, 3.8) is 0 Å². The standard InChI is InChI=1S/C5H11BrO/c1-5(4-7)2-3-6/h5,7H,2-4H2,1H3/t5-/m0/s1. The summed E-state index contributed by atoms with van der Waals surface area (Å²) in [5, 5.41) is 9.44. The van der Waals surface area contributed by atoms with E-state index >= 15 is 0 Å². The van der Waals surface area contributed by atoms with E-state index in [1.54, 1.807) is 0 Å². The predicted octanol–water partition coefficient (Wildman–Crippen LogP) is 1.40. The minimum absolute atomic E-state index is 0.311. The van der Waals surface area contributed by atoms with Crippen LogP contribution in [0.3, 0.4) is 0 Å². The van der Waals surface area contributed by atoms with Crippen molar-refractivity contribution in [2.45, 2.75) is 13.3 Å². The molecule has 0 aliphatic heterocycles. The maximum absolute atomic E-state index is 8.45. The lowest BCUT2D eigenvalue weighted by molar-refractivity contribution is 0.235. The summed E-state index contributed by atoms with van der Waals surface area (Å²) in [4.78, 5) is 0. The Morgan fingerprint density at radius 1 is 1.71 bits per heavy atom. The third-order valence-corrected chi connectivity index (χ3v) is 1.37. The van der Waals surface area contributed by atoms with Crippen molar-refractivity contribution in [1.29, 1.82) is 0 Å². The molecule has 0 rings (SSSR count). The Kier molecular flexibility index (Phi) is 4.88. The van der Waals surface area contributed by atoms with Crippen molar-refractivity contribution in [2.75, 3.05) is 11.9 Å². The Morgan fingerprint density at radius 3 is 2.43 bits per heavy atom. The molecule has 7 heavy (non-hydrogen) atoms. The third kappa shape index (κ3) is 4.29. The molecule has 0 spiro atoms. The molecule has 0 saturated heterocycles. The fourth-order valence-electron chi connectivity index (χ4n) is 0.278. The van der Waals surface area contributed by atoms with Crippen LogP contribution in [0.4, 0.5) is 0 Å². The van der Waals surface area contributed by atoms with Gasteiger partial charge < -0.3 is 5.11 Å². The van der Waals surface area contributed by atoms with Crippen LogP contribution in [-0.4, -0.2) is 17.0 Å². The molecule has 2 heteroatoms. The first-order valence-electron chi connectivity index (χ1n) is 2.48. The zero-order chi connectivity index (χ0) is 5.70. The van der Waals surface area contributed by atoms with Gasteiger partial charge in [0, 0.05) is 11.9 Å². The van der Waals surface area contributed by atoms with Gasteiger partial charge in [0.15, 0.2) is 0 Å². The van der Waals surface area contributed by atoms with E-state index in [4.69, 9.17) is 5.11 Å². The molecule has 1 nitrogen and oxygen atoms in total. The Morgan fingerprint density at radius 2 is 2.29 bits per heavy atom. The monoisotopic (exact) mass is 166 g/mol. The summed E-state index contributed by atoms with van der Waals surface area (Å²) >= 11 is 3.28. The highest BCUT2D eigenvalue weighted by atomic mass is 79.9. The molecule has 0 fully saturated rings. The van der Waals surface area contributed by atoms with Gasteiger partial charge in [-0.05, 0) is 12.3 Å². The lowest BCUT2D eigenvalue weighted by Gasteiger charge is -2.00. The van der Waals surface area contributed by atoms with Crippen LogP contribution in [-0.2, 0) is 0 Å². The normalized spacial score (nSPS) is 14.1. The van der Waals surface area contributed by atoms with Crippen LogP contribution in [0.5, 0.6) is 0 Å². The Balaban J connectivity index is 2.83. The fraction of sp³-hybridized carbons (Fsp3) is 1.00. The molecular formula is C5H11BrO. The smallest absolute Gasteiger partial charge is 0.0456 e. The highest BCUT2D eigenvalue weighted by molar-refractivity contribution is 9.09. The molecule has 0 radical (unpaired) electrons. The highest BCUT2D eigenvalue weighted by Crippen LogP contribution is 2.01. The number of aliphatic hydroxyl groups excluding tert-OH is 1. The minimum Gasteiger partial charge on any atom is -0.396 e. The second-order valence-electron chi connectivity index (χ2n) is 1.77. The molecule has 0 amide bonds. The second-order valence-corrected chi connectivity index (χ2v) is 2.56. The van der Waals surface area contributed by atoms with Crippen LogP contribution in [0.2, 0.25) is 0 Å². The van der Waals surface area contributed by atoms with E-state index in [0.29, 0.717) is 12.5 Å². The van der Waals surface area contributed by atoms with Crippen molar-refractivity contribution < 1.29 is 5.11 Å². The average molecular weight is 167 g/mol. The Hall–Kier alpha value is 0.440. The molecule has 0 aliphatic rings. The molecule has 0 heterocycles. The summed E-state index contributed by atoms with van der Waals surface area (Å²) < 4.78 is 0. The summed E-state index contributed by atoms with van der Waals surface area (Å²) in [5.41, 5.74) is 0. The van der Waals surface area contributed by atoms with Crippen LogP contribution in [0, 0.1) is 5.92 Å². The second kappa shape index (κ2) is 4.60. The topological polar surface area (TPSA) is 20.2 Å². The summed E-state index contributed by atoms with van der Waals surface area (Å²) in [6.07, 6.45) is 1.07. The van der Waals surface area contributed by atoms with Crippen LogP contribution in [0.1, 0.15) is 13.3 Å². The fourth-order valence-corrected chi connectivity index (χ4v) is 1.06. The van der Waals surface area contributed by atoms with Crippen molar-refractivity contribution in [3.05, 3.63) is 0 Å². The van der Waals surface area contributed by atoms with Crippen LogP contribution in [0.15, 0.2) is 0 Å². The number of rotatable bonds is 3. The molecule has 0 aromatic heterocycles. The molecule has 1 atom stereocenters. The first-order valence-corrected chi connectivity index (χ1v) is 3.60. The van der Waals surface area contributed by atoms with Gasteiger partial charge in [0.1, 0.15) is 0 Å². The molecule has 1 N–H and O–H groups in total. The minimum atomic E-state index is 0.311. The average Bonchev–Trinajstić information content (AvgIpc) is 1.68. The number of hydrogen-bond donors (Lipinski definition) is 1. The number of halogens is 1. The van der Waals surface area contributed by atoms with Gasteiger partial charge in [-0.15, -0.1) is 0 Å².